The minimum atomic E-state index is -0.0812. The number of aryl methyl sites for hydroxylation is 2. The standard InChI is InChI=1S/C29H44N2O2/c1-20-14-22(26(32)24(16-20)28(3,4)5)18-30-10-9-11-31(13-12-30)19-23-15-21(2)17-25(27(23)33)29(6,7)8/h14-17,32-33H,9-13,18-19H2,1-8H3. The Morgan fingerprint density at radius 3 is 1.33 bits per heavy atom. The number of phenolic OH excluding ortho intramolecular Hbond substituents is 2. The molecule has 1 heterocycles. The molecule has 1 saturated heterocycles. The van der Waals surface area contributed by atoms with Crippen LogP contribution in [-0.2, 0) is 23.9 Å². The molecule has 3 rings (SSSR count). The minimum absolute atomic E-state index is 0.0812. The molecular weight excluding hydrogens is 408 g/mol. The van der Waals surface area contributed by atoms with Crippen LogP contribution in [0, 0.1) is 13.8 Å². The van der Waals surface area contributed by atoms with Gasteiger partial charge in [-0.05, 0) is 55.3 Å². The normalized spacial score (nSPS) is 16.7. The Morgan fingerprint density at radius 2 is 1.00 bits per heavy atom. The van der Waals surface area contributed by atoms with Crippen LogP contribution in [0.15, 0.2) is 24.3 Å². The van der Waals surface area contributed by atoms with Gasteiger partial charge in [-0.3, -0.25) is 9.80 Å². The van der Waals surface area contributed by atoms with Crippen molar-refractivity contribution < 1.29 is 10.2 Å². The Bertz CT molecular complexity index is 903. The van der Waals surface area contributed by atoms with E-state index in [4.69, 9.17) is 0 Å². The molecule has 0 saturated carbocycles. The van der Waals surface area contributed by atoms with Gasteiger partial charge in [0.15, 0.2) is 0 Å². The fraction of sp³-hybridized carbons (Fsp3) is 0.586. The summed E-state index contributed by atoms with van der Waals surface area (Å²) >= 11 is 0. The summed E-state index contributed by atoms with van der Waals surface area (Å²) < 4.78 is 0. The number of hydrogen-bond donors (Lipinski definition) is 2. The molecule has 182 valence electrons. The van der Waals surface area contributed by atoms with Gasteiger partial charge in [-0.2, -0.15) is 0 Å². The SMILES string of the molecule is Cc1cc(CN2CCCN(Cc3cc(C)cc(C(C)(C)C)c3O)CC2)c(O)c(C(C)(C)C)c1. The summed E-state index contributed by atoms with van der Waals surface area (Å²) in [4.78, 5) is 4.91. The van der Waals surface area contributed by atoms with Gasteiger partial charge in [0.25, 0.3) is 0 Å². The van der Waals surface area contributed by atoms with Crippen molar-refractivity contribution in [2.45, 2.75) is 85.7 Å². The molecule has 0 radical (unpaired) electrons. The van der Waals surface area contributed by atoms with E-state index in [0.717, 1.165) is 67.9 Å². The van der Waals surface area contributed by atoms with Crippen LogP contribution in [0.1, 0.15) is 81.3 Å². The van der Waals surface area contributed by atoms with E-state index in [1.165, 1.54) is 11.1 Å². The van der Waals surface area contributed by atoms with Crippen LogP contribution in [0.3, 0.4) is 0 Å². The van der Waals surface area contributed by atoms with Gasteiger partial charge in [-0.1, -0.05) is 76.9 Å². The Hall–Kier alpha value is -2.04. The maximum absolute atomic E-state index is 11.0. The van der Waals surface area contributed by atoms with Crippen molar-refractivity contribution in [3.63, 3.8) is 0 Å². The summed E-state index contributed by atoms with van der Waals surface area (Å²) in [7, 11) is 0. The highest BCUT2D eigenvalue weighted by Gasteiger charge is 2.24. The molecule has 0 amide bonds. The molecule has 1 aliphatic heterocycles. The summed E-state index contributed by atoms with van der Waals surface area (Å²) in [6.07, 6.45) is 1.08. The molecule has 0 bridgehead atoms. The van der Waals surface area contributed by atoms with Crippen LogP contribution >= 0.6 is 0 Å². The lowest BCUT2D eigenvalue weighted by molar-refractivity contribution is 0.243. The first-order chi connectivity index (χ1) is 15.3. The van der Waals surface area contributed by atoms with Gasteiger partial charge in [-0.15, -0.1) is 0 Å². The third kappa shape index (κ3) is 6.30. The molecule has 1 aliphatic rings. The molecule has 4 heteroatoms. The average molecular weight is 453 g/mol. The van der Waals surface area contributed by atoms with E-state index in [2.05, 4.69) is 89.5 Å². The van der Waals surface area contributed by atoms with E-state index in [9.17, 15) is 10.2 Å². The smallest absolute Gasteiger partial charge is 0.123 e. The van der Waals surface area contributed by atoms with Gasteiger partial charge < -0.3 is 10.2 Å². The average Bonchev–Trinajstić information content (AvgIpc) is 2.90. The minimum Gasteiger partial charge on any atom is -0.507 e. The van der Waals surface area contributed by atoms with Crippen molar-refractivity contribution in [3.8, 4) is 11.5 Å². The highest BCUT2D eigenvalue weighted by Crippen LogP contribution is 2.36. The first kappa shape index (κ1) is 25.6. The number of hydrogen-bond acceptors (Lipinski definition) is 4. The maximum Gasteiger partial charge on any atom is 0.123 e. The lowest BCUT2D eigenvalue weighted by Gasteiger charge is -2.27. The zero-order chi connectivity index (χ0) is 24.6. The van der Waals surface area contributed by atoms with E-state index in [-0.39, 0.29) is 10.8 Å². The van der Waals surface area contributed by atoms with E-state index in [1.54, 1.807) is 0 Å². The van der Waals surface area contributed by atoms with Crippen molar-refractivity contribution in [2.24, 2.45) is 0 Å². The third-order valence-electron chi connectivity index (χ3n) is 6.75. The first-order valence-electron chi connectivity index (χ1n) is 12.4. The summed E-state index contributed by atoms with van der Waals surface area (Å²) in [5, 5.41) is 22.0. The lowest BCUT2D eigenvalue weighted by Crippen LogP contribution is -2.30. The van der Waals surface area contributed by atoms with Crippen molar-refractivity contribution in [1.82, 2.24) is 9.80 Å². The molecule has 0 spiro atoms. The monoisotopic (exact) mass is 452 g/mol. The van der Waals surface area contributed by atoms with Gasteiger partial charge in [-0.25, -0.2) is 0 Å². The van der Waals surface area contributed by atoms with Crippen molar-refractivity contribution in [2.75, 3.05) is 26.2 Å². The Labute approximate surface area is 201 Å². The highest BCUT2D eigenvalue weighted by molar-refractivity contribution is 5.47. The quantitative estimate of drug-likeness (QED) is 0.596. The van der Waals surface area contributed by atoms with Crippen LogP contribution < -0.4 is 0 Å². The summed E-state index contributed by atoms with van der Waals surface area (Å²) in [5.41, 5.74) is 6.35. The largest absolute Gasteiger partial charge is 0.507 e. The zero-order valence-electron chi connectivity index (χ0n) is 22.0. The molecule has 0 aromatic heterocycles. The number of nitrogens with zero attached hydrogens (tertiary/aromatic N) is 2. The van der Waals surface area contributed by atoms with Gasteiger partial charge in [0, 0.05) is 37.3 Å². The van der Waals surface area contributed by atoms with Crippen molar-refractivity contribution in [3.05, 3.63) is 57.6 Å². The fourth-order valence-corrected chi connectivity index (χ4v) is 4.91. The molecule has 4 nitrogen and oxygen atoms in total. The molecule has 0 unspecified atom stereocenters. The molecule has 2 aromatic rings. The van der Waals surface area contributed by atoms with E-state index in [0.29, 0.717) is 11.5 Å². The predicted molar refractivity (Wildman–Crippen MR) is 138 cm³/mol. The van der Waals surface area contributed by atoms with Gasteiger partial charge in [0.1, 0.15) is 11.5 Å². The highest BCUT2D eigenvalue weighted by atomic mass is 16.3. The van der Waals surface area contributed by atoms with E-state index in [1.807, 2.05) is 0 Å². The third-order valence-corrected chi connectivity index (χ3v) is 6.75. The molecular formula is C29H44N2O2. The van der Waals surface area contributed by atoms with Crippen molar-refractivity contribution >= 4 is 0 Å². The molecule has 1 fully saturated rings. The van der Waals surface area contributed by atoms with Crippen LogP contribution in [0.4, 0.5) is 0 Å². The summed E-state index contributed by atoms with van der Waals surface area (Å²) in [5.74, 6) is 0.905. The Morgan fingerprint density at radius 1 is 0.636 bits per heavy atom. The summed E-state index contributed by atoms with van der Waals surface area (Å²) in [6, 6.07) is 8.49. The number of aromatic hydroxyl groups is 2. The van der Waals surface area contributed by atoms with E-state index < -0.39 is 0 Å². The van der Waals surface area contributed by atoms with Crippen LogP contribution in [0.25, 0.3) is 0 Å². The predicted octanol–water partition coefficient (Wildman–Crippen LogP) is 6.02. The Kier molecular flexibility index (Phi) is 7.50. The zero-order valence-corrected chi connectivity index (χ0v) is 22.0. The van der Waals surface area contributed by atoms with Crippen LogP contribution in [-0.4, -0.2) is 46.2 Å². The number of phenols is 2. The van der Waals surface area contributed by atoms with E-state index >= 15 is 0 Å². The number of benzene rings is 2. The molecule has 2 aromatic carbocycles. The second kappa shape index (κ2) is 9.68. The van der Waals surface area contributed by atoms with Crippen LogP contribution in [0.5, 0.6) is 11.5 Å². The molecule has 0 aliphatic carbocycles. The van der Waals surface area contributed by atoms with Crippen molar-refractivity contribution in [1.29, 1.82) is 0 Å². The van der Waals surface area contributed by atoms with Gasteiger partial charge >= 0.3 is 0 Å². The second-order valence-corrected chi connectivity index (χ2v) is 12.0. The molecule has 33 heavy (non-hydrogen) atoms. The lowest BCUT2D eigenvalue weighted by atomic mass is 9.84. The van der Waals surface area contributed by atoms with Gasteiger partial charge in [0.2, 0.25) is 0 Å². The maximum atomic E-state index is 11.0. The first-order valence-corrected chi connectivity index (χ1v) is 12.4. The topological polar surface area (TPSA) is 46.9 Å². The molecule has 0 atom stereocenters. The summed E-state index contributed by atoms with van der Waals surface area (Å²) in [6.45, 7) is 22.6. The second-order valence-electron chi connectivity index (χ2n) is 12.0. The van der Waals surface area contributed by atoms with Gasteiger partial charge in [0.05, 0.1) is 0 Å². The van der Waals surface area contributed by atoms with Crippen LogP contribution in [0.2, 0.25) is 0 Å². The number of rotatable bonds is 4. The fourth-order valence-electron chi connectivity index (χ4n) is 4.91. The molecule has 2 N–H and O–H groups in total. The Balaban J connectivity index is 1.72.